The Balaban J connectivity index is 1.51. The van der Waals surface area contributed by atoms with Gasteiger partial charge in [0.25, 0.3) is 0 Å². The summed E-state index contributed by atoms with van der Waals surface area (Å²) >= 11 is 7.70. The third-order valence-electron chi connectivity index (χ3n) is 4.41. The Morgan fingerprint density at radius 3 is 2.41 bits per heavy atom. The van der Waals surface area contributed by atoms with Gasteiger partial charge in [0.15, 0.2) is 0 Å². The molecule has 0 bridgehead atoms. The van der Waals surface area contributed by atoms with Gasteiger partial charge in [-0.25, -0.2) is 0 Å². The zero-order chi connectivity index (χ0) is 19.1. The molecule has 1 aromatic carbocycles. The van der Waals surface area contributed by atoms with Crippen molar-refractivity contribution in [3.63, 3.8) is 0 Å². The highest BCUT2D eigenvalue weighted by Gasteiger charge is 2.20. The molecule has 2 aliphatic rings. The quantitative estimate of drug-likeness (QED) is 0.765. The van der Waals surface area contributed by atoms with Crippen molar-refractivity contribution in [2.75, 3.05) is 74.3 Å². The van der Waals surface area contributed by atoms with Crippen LogP contribution in [0.1, 0.15) is 0 Å². The van der Waals surface area contributed by atoms with E-state index < -0.39 is 0 Å². The number of hydrogen-bond acceptors (Lipinski definition) is 6. The average Bonchev–Trinajstić information content (AvgIpc) is 2.69. The van der Waals surface area contributed by atoms with Crippen LogP contribution in [-0.4, -0.2) is 80.8 Å². The van der Waals surface area contributed by atoms with Crippen LogP contribution in [0, 0.1) is 0 Å². The van der Waals surface area contributed by atoms with Gasteiger partial charge < -0.3 is 24.6 Å². The van der Waals surface area contributed by atoms with E-state index in [0.717, 1.165) is 18.8 Å². The number of carbonyl (C=O) groups is 2. The molecule has 2 fully saturated rings. The van der Waals surface area contributed by atoms with Gasteiger partial charge in [-0.05, 0) is 12.1 Å². The summed E-state index contributed by atoms with van der Waals surface area (Å²) in [6.45, 7) is 5.14. The van der Waals surface area contributed by atoms with Crippen LogP contribution in [-0.2, 0) is 19.1 Å². The van der Waals surface area contributed by atoms with Crippen molar-refractivity contribution in [1.29, 1.82) is 0 Å². The first-order valence-corrected chi connectivity index (χ1v) is 10.5. The lowest BCUT2D eigenvalue weighted by Crippen LogP contribution is -2.41. The SMILES string of the molecule is O=C(CSCC(=O)N1CCOCC1)Nc1cccc(Cl)c1N1CCOCC1. The Morgan fingerprint density at radius 2 is 1.70 bits per heavy atom. The normalized spacial score (nSPS) is 17.7. The fourth-order valence-corrected chi connectivity index (χ4v) is 4.06. The summed E-state index contributed by atoms with van der Waals surface area (Å²) in [6, 6.07) is 5.48. The molecule has 2 saturated heterocycles. The van der Waals surface area contributed by atoms with Crippen molar-refractivity contribution < 1.29 is 19.1 Å². The van der Waals surface area contributed by atoms with Crippen LogP contribution < -0.4 is 10.2 Å². The lowest BCUT2D eigenvalue weighted by atomic mass is 10.2. The lowest BCUT2D eigenvalue weighted by Gasteiger charge is -2.31. The summed E-state index contributed by atoms with van der Waals surface area (Å²) in [6.07, 6.45) is 0. The van der Waals surface area contributed by atoms with Crippen molar-refractivity contribution in [3.05, 3.63) is 23.2 Å². The number of para-hydroxylation sites is 1. The summed E-state index contributed by atoms with van der Waals surface area (Å²) < 4.78 is 10.6. The molecule has 1 aromatic rings. The van der Waals surface area contributed by atoms with Gasteiger partial charge in [-0.15, -0.1) is 11.8 Å². The zero-order valence-corrected chi connectivity index (χ0v) is 16.7. The van der Waals surface area contributed by atoms with Crippen LogP contribution in [0.25, 0.3) is 0 Å². The van der Waals surface area contributed by atoms with Gasteiger partial charge in [-0.3, -0.25) is 9.59 Å². The number of thioether (sulfide) groups is 1. The number of nitrogens with zero attached hydrogens (tertiary/aromatic N) is 2. The van der Waals surface area contributed by atoms with E-state index in [1.807, 2.05) is 18.2 Å². The van der Waals surface area contributed by atoms with Gasteiger partial charge in [-0.1, -0.05) is 17.7 Å². The van der Waals surface area contributed by atoms with E-state index in [1.165, 1.54) is 11.8 Å². The molecule has 1 N–H and O–H groups in total. The predicted molar refractivity (Wildman–Crippen MR) is 108 cm³/mol. The van der Waals surface area contributed by atoms with Gasteiger partial charge >= 0.3 is 0 Å². The van der Waals surface area contributed by atoms with E-state index in [9.17, 15) is 9.59 Å². The Morgan fingerprint density at radius 1 is 1.04 bits per heavy atom. The highest BCUT2D eigenvalue weighted by Crippen LogP contribution is 2.34. The Bertz CT molecular complexity index is 664. The molecule has 3 rings (SSSR count). The molecule has 2 heterocycles. The highest BCUT2D eigenvalue weighted by atomic mass is 35.5. The van der Waals surface area contributed by atoms with Crippen molar-refractivity contribution in [2.45, 2.75) is 0 Å². The number of hydrogen-bond donors (Lipinski definition) is 1. The number of carbonyl (C=O) groups excluding carboxylic acids is 2. The molecular weight excluding hydrogens is 390 g/mol. The van der Waals surface area contributed by atoms with Crippen LogP contribution in [0.2, 0.25) is 5.02 Å². The number of benzene rings is 1. The first-order valence-electron chi connectivity index (χ1n) is 8.99. The van der Waals surface area contributed by atoms with Crippen LogP contribution in [0.15, 0.2) is 18.2 Å². The standard InChI is InChI=1S/C18H24ClN3O4S/c19-14-2-1-3-15(18(14)22-6-10-26-11-7-22)20-16(23)12-27-13-17(24)21-4-8-25-9-5-21/h1-3H,4-13H2,(H,20,23). The second-order valence-electron chi connectivity index (χ2n) is 6.27. The largest absolute Gasteiger partial charge is 0.378 e. The van der Waals surface area contributed by atoms with E-state index in [-0.39, 0.29) is 17.6 Å². The maximum atomic E-state index is 12.4. The molecule has 0 radical (unpaired) electrons. The van der Waals surface area contributed by atoms with Crippen LogP contribution in [0.4, 0.5) is 11.4 Å². The fourth-order valence-electron chi connectivity index (χ4n) is 3.05. The smallest absolute Gasteiger partial charge is 0.234 e. The number of anilines is 2. The number of ether oxygens (including phenoxy) is 2. The van der Waals surface area contributed by atoms with E-state index >= 15 is 0 Å². The zero-order valence-electron chi connectivity index (χ0n) is 15.1. The molecule has 0 aromatic heterocycles. The van der Waals surface area contributed by atoms with Gasteiger partial charge in [0.05, 0.1) is 54.3 Å². The van der Waals surface area contributed by atoms with Crippen LogP contribution >= 0.6 is 23.4 Å². The first-order chi connectivity index (χ1) is 13.1. The molecular formula is C18H24ClN3O4S. The number of nitrogens with one attached hydrogen (secondary N) is 1. The second kappa shape index (κ2) is 10.2. The molecule has 7 nitrogen and oxygen atoms in total. The number of rotatable bonds is 6. The molecule has 0 spiro atoms. The van der Waals surface area contributed by atoms with E-state index in [0.29, 0.717) is 56.0 Å². The summed E-state index contributed by atoms with van der Waals surface area (Å²) in [5.41, 5.74) is 1.51. The molecule has 0 aliphatic carbocycles. The predicted octanol–water partition coefficient (Wildman–Crippen LogP) is 1.71. The fraction of sp³-hybridized carbons (Fsp3) is 0.556. The summed E-state index contributed by atoms with van der Waals surface area (Å²) in [5.74, 6) is 0.407. The van der Waals surface area contributed by atoms with E-state index in [2.05, 4.69) is 10.2 Å². The van der Waals surface area contributed by atoms with E-state index in [1.54, 1.807) is 4.90 Å². The highest BCUT2D eigenvalue weighted by molar-refractivity contribution is 8.00. The number of morpholine rings is 2. The average molecular weight is 414 g/mol. The lowest BCUT2D eigenvalue weighted by molar-refractivity contribution is -0.132. The van der Waals surface area contributed by atoms with Crippen molar-refractivity contribution >= 4 is 46.6 Å². The molecule has 2 aliphatic heterocycles. The van der Waals surface area contributed by atoms with Crippen molar-refractivity contribution in [1.82, 2.24) is 4.90 Å². The second-order valence-corrected chi connectivity index (χ2v) is 7.66. The maximum Gasteiger partial charge on any atom is 0.234 e. The topological polar surface area (TPSA) is 71.1 Å². The molecule has 2 amide bonds. The van der Waals surface area contributed by atoms with Crippen LogP contribution in [0.3, 0.4) is 0 Å². The van der Waals surface area contributed by atoms with Crippen LogP contribution in [0.5, 0.6) is 0 Å². The minimum absolute atomic E-state index is 0.0489. The van der Waals surface area contributed by atoms with Gasteiger partial charge in [0.2, 0.25) is 11.8 Å². The summed E-state index contributed by atoms with van der Waals surface area (Å²) in [4.78, 5) is 28.4. The van der Waals surface area contributed by atoms with Crippen molar-refractivity contribution in [2.24, 2.45) is 0 Å². The Labute approximate surface area is 168 Å². The van der Waals surface area contributed by atoms with Gasteiger partial charge in [0.1, 0.15) is 0 Å². The minimum atomic E-state index is -0.147. The summed E-state index contributed by atoms with van der Waals surface area (Å²) in [5, 5.41) is 3.53. The molecule has 0 atom stereocenters. The van der Waals surface area contributed by atoms with E-state index in [4.69, 9.17) is 21.1 Å². The molecule has 0 saturated carbocycles. The first kappa shape index (κ1) is 20.3. The van der Waals surface area contributed by atoms with Gasteiger partial charge in [-0.2, -0.15) is 0 Å². The Kier molecular flexibility index (Phi) is 7.63. The third-order valence-corrected chi connectivity index (χ3v) is 5.63. The number of amides is 2. The third kappa shape index (κ3) is 5.75. The minimum Gasteiger partial charge on any atom is -0.378 e. The van der Waals surface area contributed by atoms with Gasteiger partial charge in [0, 0.05) is 26.2 Å². The number of halogens is 1. The molecule has 148 valence electrons. The molecule has 0 unspecified atom stereocenters. The molecule has 27 heavy (non-hydrogen) atoms. The summed E-state index contributed by atoms with van der Waals surface area (Å²) in [7, 11) is 0. The maximum absolute atomic E-state index is 12.4. The molecule has 9 heteroatoms. The van der Waals surface area contributed by atoms with Crippen molar-refractivity contribution in [3.8, 4) is 0 Å². The monoisotopic (exact) mass is 413 g/mol. The Hall–Kier alpha value is -1.48.